The lowest BCUT2D eigenvalue weighted by molar-refractivity contribution is 0.384. The molecule has 0 radical (unpaired) electrons. The molecule has 0 amide bonds. The van der Waals surface area contributed by atoms with Gasteiger partial charge in [-0.2, -0.15) is 0 Å². The van der Waals surface area contributed by atoms with Crippen molar-refractivity contribution in [1.82, 2.24) is 0 Å². The van der Waals surface area contributed by atoms with E-state index in [0.29, 0.717) is 5.92 Å². The summed E-state index contributed by atoms with van der Waals surface area (Å²) in [7, 11) is 0. The van der Waals surface area contributed by atoms with Crippen LogP contribution < -0.4 is 0 Å². The number of benzene rings is 2. The van der Waals surface area contributed by atoms with Crippen molar-refractivity contribution in [3.63, 3.8) is 0 Å². The molecular weight excluding hydrogens is 324 g/mol. The molecule has 0 nitrogen and oxygen atoms in total. The van der Waals surface area contributed by atoms with Gasteiger partial charge < -0.3 is 0 Å². The van der Waals surface area contributed by atoms with Crippen molar-refractivity contribution in [3.05, 3.63) is 70.8 Å². The Morgan fingerprint density at radius 1 is 0.815 bits per heavy atom. The Hall–Kier alpha value is -2.00. The molecule has 1 fully saturated rings. The molecule has 0 aliphatic heterocycles. The molecule has 142 valence electrons. The van der Waals surface area contributed by atoms with E-state index in [-0.39, 0.29) is 0 Å². The Bertz CT molecular complexity index is 731. The second-order valence-corrected chi connectivity index (χ2v) is 8.24. The van der Waals surface area contributed by atoms with Gasteiger partial charge in [0.05, 0.1) is 0 Å². The number of rotatable bonds is 6. The maximum atomic E-state index is 3.55. The lowest BCUT2D eigenvalue weighted by atomic mass is 9.79. The predicted molar refractivity (Wildman–Crippen MR) is 117 cm³/mol. The van der Waals surface area contributed by atoms with Crippen molar-refractivity contribution in [1.29, 1.82) is 0 Å². The lowest BCUT2D eigenvalue weighted by Gasteiger charge is -2.26. The highest BCUT2D eigenvalue weighted by Crippen LogP contribution is 2.35. The summed E-state index contributed by atoms with van der Waals surface area (Å²) >= 11 is 0. The molecule has 0 atom stereocenters. The van der Waals surface area contributed by atoms with Crippen molar-refractivity contribution in [2.24, 2.45) is 5.92 Å². The van der Waals surface area contributed by atoms with Crippen LogP contribution in [0.3, 0.4) is 0 Å². The van der Waals surface area contributed by atoms with E-state index in [0.717, 1.165) is 5.92 Å². The van der Waals surface area contributed by atoms with Gasteiger partial charge in [0, 0.05) is 11.5 Å². The number of hydrogen-bond acceptors (Lipinski definition) is 0. The van der Waals surface area contributed by atoms with E-state index in [1.54, 1.807) is 0 Å². The Balaban J connectivity index is 1.46. The fourth-order valence-corrected chi connectivity index (χ4v) is 4.11. The maximum absolute atomic E-state index is 3.55. The van der Waals surface area contributed by atoms with Gasteiger partial charge in [-0.15, -0.1) is 0 Å². The molecule has 1 aliphatic rings. The standard InChI is InChI=1S/C27H34/c1-3-4-5-6-7-23-10-12-24(13-11-23)14-15-25-16-20-27(21-17-25)26-18-8-22(2)9-19-26/h8-13,18-19,25,27H,3-7,16-17,20-21H2,1-2H3/t25-,27-. The zero-order chi connectivity index (χ0) is 18.9. The molecule has 27 heavy (non-hydrogen) atoms. The van der Waals surface area contributed by atoms with Crippen LogP contribution in [0.15, 0.2) is 48.5 Å². The zero-order valence-electron chi connectivity index (χ0n) is 17.1. The Kier molecular flexibility index (Phi) is 7.58. The largest absolute Gasteiger partial charge is 0.0945 e. The average molecular weight is 359 g/mol. The van der Waals surface area contributed by atoms with Crippen LogP contribution in [-0.2, 0) is 6.42 Å². The van der Waals surface area contributed by atoms with Crippen LogP contribution in [0.4, 0.5) is 0 Å². The molecule has 3 rings (SSSR count). The number of unbranched alkanes of at least 4 members (excludes halogenated alkanes) is 3. The molecule has 0 spiro atoms. The topological polar surface area (TPSA) is 0 Å². The predicted octanol–water partition coefficient (Wildman–Crippen LogP) is 7.44. The average Bonchev–Trinajstić information content (AvgIpc) is 2.72. The van der Waals surface area contributed by atoms with Crippen LogP contribution in [0.2, 0.25) is 0 Å². The zero-order valence-corrected chi connectivity index (χ0v) is 17.1. The van der Waals surface area contributed by atoms with Gasteiger partial charge in [-0.3, -0.25) is 0 Å². The van der Waals surface area contributed by atoms with Gasteiger partial charge in [-0.1, -0.05) is 80.0 Å². The lowest BCUT2D eigenvalue weighted by Crippen LogP contribution is -2.12. The van der Waals surface area contributed by atoms with Crippen molar-refractivity contribution in [2.75, 3.05) is 0 Å². The van der Waals surface area contributed by atoms with Gasteiger partial charge in [-0.05, 0) is 74.6 Å². The second-order valence-electron chi connectivity index (χ2n) is 8.24. The first-order valence-corrected chi connectivity index (χ1v) is 10.9. The first-order chi connectivity index (χ1) is 13.2. The fourth-order valence-electron chi connectivity index (χ4n) is 4.11. The van der Waals surface area contributed by atoms with Crippen LogP contribution >= 0.6 is 0 Å². The van der Waals surface area contributed by atoms with Crippen LogP contribution in [0, 0.1) is 24.7 Å². The van der Waals surface area contributed by atoms with E-state index in [9.17, 15) is 0 Å². The summed E-state index contributed by atoms with van der Waals surface area (Å²) in [4.78, 5) is 0. The van der Waals surface area contributed by atoms with E-state index < -0.39 is 0 Å². The first-order valence-electron chi connectivity index (χ1n) is 10.9. The van der Waals surface area contributed by atoms with Gasteiger partial charge >= 0.3 is 0 Å². The third kappa shape index (κ3) is 6.28. The third-order valence-corrected chi connectivity index (χ3v) is 5.97. The molecule has 0 aromatic heterocycles. The van der Waals surface area contributed by atoms with E-state index in [2.05, 4.69) is 74.2 Å². The second kappa shape index (κ2) is 10.4. The molecule has 2 aromatic rings. The Labute approximate surface area is 166 Å². The third-order valence-electron chi connectivity index (χ3n) is 5.97. The summed E-state index contributed by atoms with van der Waals surface area (Å²) in [5.74, 6) is 8.28. The van der Waals surface area contributed by atoms with E-state index in [1.807, 2.05) is 0 Å². The molecule has 0 heterocycles. The molecule has 1 saturated carbocycles. The van der Waals surface area contributed by atoms with Gasteiger partial charge in [0.1, 0.15) is 0 Å². The summed E-state index contributed by atoms with van der Waals surface area (Å²) in [5, 5.41) is 0. The SMILES string of the molecule is CCCCCCc1ccc(C#C[C@H]2CC[C@H](c3ccc(C)cc3)CC2)cc1. The molecule has 0 N–H and O–H groups in total. The van der Waals surface area contributed by atoms with Crippen LogP contribution in [0.25, 0.3) is 0 Å². The quantitative estimate of drug-likeness (QED) is 0.372. The molecule has 0 bridgehead atoms. The summed E-state index contributed by atoms with van der Waals surface area (Å²) in [6.45, 7) is 4.43. The molecule has 0 saturated heterocycles. The first kappa shape index (κ1) is 19.8. The monoisotopic (exact) mass is 358 g/mol. The molecule has 2 aromatic carbocycles. The number of aryl methyl sites for hydroxylation is 2. The van der Waals surface area contributed by atoms with Gasteiger partial charge in [0.15, 0.2) is 0 Å². The number of hydrogen-bond donors (Lipinski definition) is 0. The molecular formula is C27H34. The van der Waals surface area contributed by atoms with E-state index in [4.69, 9.17) is 0 Å². The van der Waals surface area contributed by atoms with Crippen molar-refractivity contribution in [2.45, 2.75) is 77.6 Å². The minimum Gasteiger partial charge on any atom is -0.0945 e. The highest BCUT2D eigenvalue weighted by Gasteiger charge is 2.20. The van der Waals surface area contributed by atoms with E-state index >= 15 is 0 Å². The van der Waals surface area contributed by atoms with Gasteiger partial charge in [0.25, 0.3) is 0 Å². The van der Waals surface area contributed by atoms with Gasteiger partial charge in [0.2, 0.25) is 0 Å². The summed E-state index contributed by atoms with van der Waals surface area (Å²) in [5.41, 5.74) is 5.50. The van der Waals surface area contributed by atoms with Crippen molar-refractivity contribution in [3.8, 4) is 11.8 Å². The molecule has 0 heteroatoms. The Morgan fingerprint density at radius 2 is 1.52 bits per heavy atom. The Morgan fingerprint density at radius 3 is 2.19 bits per heavy atom. The normalized spacial score (nSPS) is 19.3. The van der Waals surface area contributed by atoms with Crippen LogP contribution in [0.1, 0.15) is 86.5 Å². The maximum Gasteiger partial charge on any atom is 0.0245 e. The van der Waals surface area contributed by atoms with Crippen molar-refractivity contribution < 1.29 is 0 Å². The highest BCUT2D eigenvalue weighted by atomic mass is 14.2. The van der Waals surface area contributed by atoms with Crippen LogP contribution in [0.5, 0.6) is 0 Å². The smallest absolute Gasteiger partial charge is 0.0245 e. The van der Waals surface area contributed by atoms with E-state index in [1.165, 1.54) is 80.0 Å². The van der Waals surface area contributed by atoms with Gasteiger partial charge in [-0.25, -0.2) is 0 Å². The fraction of sp³-hybridized carbons (Fsp3) is 0.481. The summed E-state index contributed by atoms with van der Waals surface area (Å²) in [6.07, 6.45) is 11.6. The summed E-state index contributed by atoms with van der Waals surface area (Å²) in [6, 6.07) is 18.1. The summed E-state index contributed by atoms with van der Waals surface area (Å²) < 4.78 is 0. The minimum absolute atomic E-state index is 0.570. The highest BCUT2D eigenvalue weighted by molar-refractivity contribution is 5.37. The van der Waals surface area contributed by atoms with Crippen molar-refractivity contribution >= 4 is 0 Å². The molecule has 1 aliphatic carbocycles. The minimum atomic E-state index is 0.570. The molecule has 0 unspecified atom stereocenters. The van der Waals surface area contributed by atoms with Crippen LogP contribution in [-0.4, -0.2) is 0 Å².